The Kier molecular flexibility index (Phi) is 3.31. The smallest absolute Gasteiger partial charge is 0.207 e. The first-order valence-electron chi connectivity index (χ1n) is 4.62. The summed E-state index contributed by atoms with van der Waals surface area (Å²) >= 11 is 0. The van der Waals surface area contributed by atoms with Crippen LogP contribution >= 0.6 is 21.4 Å². The molecular formula is C10H6Cl2O4S2. The Morgan fingerprint density at radius 2 is 1.11 bits per heavy atom. The minimum absolute atomic E-state index is 0.00463. The van der Waals surface area contributed by atoms with Crippen molar-refractivity contribution in [3.63, 3.8) is 0 Å². The molecule has 2 rings (SSSR count). The van der Waals surface area contributed by atoms with E-state index in [9.17, 15) is 16.8 Å². The number of hydrogen-bond donors (Lipinski definition) is 0. The van der Waals surface area contributed by atoms with Crippen molar-refractivity contribution in [1.82, 2.24) is 0 Å². The zero-order chi connectivity index (χ0) is 13.6. The molecule has 2 aromatic rings. The van der Waals surface area contributed by atoms with Gasteiger partial charge in [0.05, 0.1) is 9.79 Å². The van der Waals surface area contributed by atoms with Crippen LogP contribution < -0.4 is 0 Å². The Hall–Kier alpha value is -0.820. The number of hydrogen-bond acceptors (Lipinski definition) is 4. The van der Waals surface area contributed by atoms with Gasteiger partial charge in [-0.1, -0.05) is 24.3 Å². The molecular weight excluding hydrogens is 319 g/mol. The van der Waals surface area contributed by atoms with E-state index in [0.29, 0.717) is 5.39 Å². The lowest BCUT2D eigenvalue weighted by molar-refractivity contribution is 0.610. The highest BCUT2D eigenvalue weighted by Crippen LogP contribution is 2.32. The van der Waals surface area contributed by atoms with Crippen LogP contribution in [0.4, 0.5) is 0 Å². The van der Waals surface area contributed by atoms with E-state index in [1.165, 1.54) is 24.3 Å². The van der Waals surface area contributed by atoms with Gasteiger partial charge in [-0.2, -0.15) is 0 Å². The van der Waals surface area contributed by atoms with Gasteiger partial charge in [0, 0.05) is 26.8 Å². The lowest BCUT2D eigenvalue weighted by Crippen LogP contribution is -1.98. The minimum atomic E-state index is -4.06. The average Bonchev–Trinajstić information content (AvgIpc) is 2.24. The van der Waals surface area contributed by atoms with E-state index in [1.54, 1.807) is 12.1 Å². The minimum Gasteiger partial charge on any atom is -0.207 e. The van der Waals surface area contributed by atoms with Crippen molar-refractivity contribution in [2.75, 3.05) is 0 Å². The van der Waals surface area contributed by atoms with E-state index in [1.807, 2.05) is 0 Å². The average molecular weight is 325 g/mol. The number of fused-ring (bicyclic) bond motifs is 1. The van der Waals surface area contributed by atoms with E-state index in [2.05, 4.69) is 0 Å². The Labute approximate surface area is 113 Å². The molecule has 0 N–H and O–H groups in total. The normalized spacial score (nSPS) is 12.8. The second kappa shape index (κ2) is 4.38. The topological polar surface area (TPSA) is 68.3 Å². The molecule has 0 fully saturated rings. The second-order valence-corrected chi connectivity index (χ2v) is 8.55. The first kappa shape index (κ1) is 13.6. The van der Waals surface area contributed by atoms with Gasteiger partial charge in [-0.05, 0) is 17.5 Å². The molecule has 0 aliphatic rings. The maximum absolute atomic E-state index is 11.5. The Morgan fingerprint density at radius 1 is 0.722 bits per heavy atom. The quantitative estimate of drug-likeness (QED) is 0.796. The second-order valence-electron chi connectivity index (χ2n) is 3.49. The molecule has 4 nitrogen and oxygen atoms in total. The van der Waals surface area contributed by atoms with Crippen molar-refractivity contribution < 1.29 is 16.8 Å². The van der Waals surface area contributed by atoms with Crippen LogP contribution in [-0.4, -0.2) is 16.8 Å². The van der Waals surface area contributed by atoms with E-state index in [4.69, 9.17) is 21.4 Å². The lowest BCUT2D eigenvalue weighted by Gasteiger charge is -2.07. The Balaban J connectivity index is 3.09. The maximum atomic E-state index is 11.5. The van der Waals surface area contributed by atoms with Crippen LogP contribution in [0.25, 0.3) is 10.8 Å². The molecule has 0 amide bonds. The molecule has 0 unspecified atom stereocenters. The summed E-state index contributed by atoms with van der Waals surface area (Å²) in [7, 11) is 2.46. The van der Waals surface area contributed by atoms with Gasteiger partial charge in [-0.3, -0.25) is 0 Å². The Morgan fingerprint density at radius 3 is 1.44 bits per heavy atom. The number of rotatable bonds is 2. The van der Waals surface area contributed by atoms with Crippen molar-refractivity contribution in [2.45, 2.75) is 9.79 Å². The molecule has 0 bridgehead atoms. The lowest BCUT2D eigenvalue weighted by atomic mass is 10.1. The van der Waals surface area contributed by atoms with E-state index in [0.717, 1.165) is 0 Å². The number of benzene rings is 2. The van der Waals surface area contributed by atoms with Crippen molar-refractivity contribution in [3.05, 3.63) is 36.4 Å². The highest BCUT2D eigenvalue weighted by atomic mass is 35.7. The van der Waals surface area contributed by atoms with Crippen LogP contribution in [0.3, 0.4) is 0 Å². The Bertz CT molecular complexity index is 759. The van der Waals surface area contributed by atoms with E-state index < -0.39 is 18.1 Å². The third-order valence-corrected chi connectivity index (χ3v) is 5.08. The van der Waals surface area contributed by atoms with Crippen molar-refractivity contribution in [1.29, 1.82) is 0 Å². The van der Waals surface area contributed by atoms with Gasteiger partial charge in [-0.25, -0.2) is 16.8 Å². The van der Waals surface area contributed by atoms with Gasteiger partial charge in [0.1, 0.15) is 0 Å². The van der Waals surface area contributed by atoms with Gasteiger partial charge in [0.2, 0.25) is 0 Å². The summed E-state index contributed by atoms with van der Waals surface area (Å²) in [6.45, 7) is 0. The standard InChI is InChI=1S/C10H6Cl2O4S2/c11-17(13,14)8-5-1-3-7-4-2-6-9(10(7)8)18(12,15)16/h1-6H. The summed E-state index contributed by atoms with van der Waals surface area (Å²) in [4.78, 5) is -0.553. The highest BCUT2D eigenvalue weighted by Gasteiger charge is 2.21. The first-order chi connectivity index (χ1) is 8.21. The molecule has 0 radical (unpaired) electrons. The summed E-state index contributed by atoms with van der Waals surface area (Å²) in [5.41, 5.74) is 0. The molecule has 0 aliphatic carbocycles. The summed E-state index contributed by atoms with van der Waals surface area (Å²) in [5.74, 6) is 0. The third kappa shape index (κ3) is 2.47. The number of halogens is 2. The predicted octanol–water partition coefficient (Wildman–Crippen LogP) is 2.69. The fourth-order valence-corrected chi connectivity index (χ4v) is 3.94. The van der Waals surface area contributed by atoms with Gasteiger partial charge < -0.3 is 0 Å². The summed E-state index contributed by atoms with van der Waals surface area (Å²) < 4.78 is 45.8. The van der Waals surface area contributed by atoms with Gasteiger partial charge >= 0.3 is 0 Å². The molecule has 0 heterocycles. The van der Waals surface area contributed by atoms with E-state index >= 15 is 0 Å². The van der Waals surface area contributed by atoms with E-state index in [-0.39, 0.29) is 15.2 Å². The molecule has 0 atom stereocenters. The zero-order valence-corrected chi connectivity index (χ0v) is 11.8. The summed E-state index contributed by atoms with van der Waals surface area (Å²) in [6.07, 6.45) is 0. The molecule has 18 heavy (non-hydrogen) atoms. The molecule has 0 spiro atoms. The SMILES string of the molecule is O=S(=O)(Cl)c1cccc2cccc(S(=O)(=O)Cl)c12. The molecule has 0 saturated carbocycles. The zero-order valence-electron chi connectivity index (χ0n) is 8.67. The molecule has 2 aromatic carbocycles. The monoisotopic (exact) mass is 324 g/mol. The highest BCUT2D eigenvalue weighted by molar-refractivity contribution is 8.14. The third-order valence-electron chi connectivity index (χ3n) is 2.35. The van der Waals surface area contributed by atoms with Crippen LogP contribution in [-0.2, 0) is 18.1 Å². The largest absolute Gasteiger partial charge is 0.261 e. The fraction of sp³-hybridized carbons (Fsp3) is 0. The van der Waals surface area contributed by atoms with Gasteiger partial charge in [0.25, 0.3) is 18.1 Å². The van der Waals surface area contributed by atoms with Crippen molar-refractivity contribution >= 4 is 50.2 Å². The van der Waals surface area contributed by atoms with Crippen LogP contribution in [0.1, 0.15) is 0 Å². The van der Waals surface area contributed by atoms with Crippen LogP contribution in [0.2, 0.25) is 0 Å². The van der Waals surface area contributed by atoms with Gasteiger partial charge in [-0.15, -0.1) is 0 Å². The molecule has 8 heteroatoms. The fourth-order valence-electron chi connectivity index (χ4n) is 1.68. The molecule has 0 saturated heterocycles. The predicted molar refractivity (Wildman–Crippen MR) is 70.0 cm³/mol. The molecule has 0 aromatic heterocycles. The molecule has 96 valence electrons. The van der Waals surface area contributed by atoms with Gasteiger partial charge in [0.15, 0.2) is 0 Å². The van der Waals surface area contributed by atoms with Crippen LogP contribution in [0.15, 0.2) is 46.2 Å². The summed E-state index contributed by atoms with van der Waals surface area (Å²) in [5, 5.41) is 0.434. The van der Waals surface area contributed by atoms with Crippen LogP contribution in [0.5, 0.6) is 0 Å². The molecule has 0 aliphatic heterocycles. The van der Waals surface area contributed by atoms with Crippen molar-refractivity contribution in [3.8, 4) is 0 Å². The maximum Gasteiger partial charge on any atom is 0.261 e. The summed E-state index contributed by atoms with van der Waals surface area (Å²) in [6, 6.07) is 8.57. The first-order valence-corrected chi connectivity index (χ1v) is 9.24. The van der Waals surface area contributed by atoms with Crippen molar-refractivity contribution in [2.24, 2.45) is 0 Å². The van der Waals surface area contributed by atoms with Crippen LogP contribution in [0, 0.1) is 0 Å².